The molecular formula is C12H24BrN. The van der Waals surface area contributed by atoms with Gasteiger partial charge in [-0.15, -0.1) is 0 Å². The Morgan fingerprint density at radius 3 is 2.43 bits per heavy atom. The molecule has 0 spiro atoms. The van der Waals surface area contributed by atoms with Crippen LogP contribution in [0.25, 0.3) is 0 Å². The van der Waals surface area contributed by atoms with E-state index in [2.05, 4.69) is 34.7 Å². The highest BCUT2D eigenvalue weighted by molar-refractivity contribution is 9.09. The second-order valence-corrected chi connectivity index (χ2v) is 5.63. The molecule has 1 aliphatic heterocycles. The molecule has 0 aromatic heterocycles. The fourth-order valence-corrected chi connectivity index (χ4v) is 2.78. The Hall–Kier alpha value is 0.440. The van der Waals surface area contributed by atoms with Gasteiger partial charge in [-0.05, 0) is 51.2 Å². The number of halogens is 1. The SMILES string of the molecule is CCCCN1CCC(C(Br)CC)CC1. The quantitative estimate of drug-likeness (QED) is 0.683. The van der Waals surface area contributed by atoms with Crippen LogP contribution in [0, 0.1) is 5.92 Å². The first-order chi connectivity index (χ1) is 6.77. The zero-order valence-corrected chi connectivity index (χ0v) is 11.2. The molecule has 1 unspecified atom stereocenters. The summed E-state index contributed by atoms with van der Waals surface area (Å²) >= 11 is 3.79. The lowest BCUT2D eigenvalue weighted by molar-refractivity contribution is 0.180. The summed E-state index contributed by atoms with van der Waals surface area (Å²) in [5.41, 5.74) is 0. The normalized spacial score (nSPS) is 22.5. The molecule has 0 aliphatic carbocycles. The van der Waals surface area contributed by atoms with Crippen molar-refractivity contribution in [2.45, 2.75) is 50.8 Å². The fraction of sp³-hybridized carbons (Fsp3) is 1.00. The number of nitrogens with zero attached hydrogens (tertiary/aromatic N) is 1. The lowest BCUT2D eigenvalue weighted by atomic mass is 9.92. The van der Waals surface area contributed by atoms with Crippen LogP contribution in [-0.4, -0.2) is 29.4 Å². The smallest absolute Gasteiger partial charge is 0.0172 e. The minimum Gasteiger partial charge on any atom is -0.303 e. The Kier molecular flexibility index (Phi) is 6.11. The molecule has 1 aliphatic rings. The summed E-state index contributed by atoms with van der Waals surface area (Å²) in [6.45, 7) is 8.53. The summed E-state index contributed by atoms with van der Waals surface area (Å²) < 4.78 is 0. The molecule has 0 aromatic rings. The second-order valence-electron chi connectivity index (χ2n) is 4.46. The van der Waals surface area contributed by atoms with Gasteiger partial charge in [-0.3, -0.25) is 0 Å². The van der Waals surface area contributed by atoms with Gasteiger partial charge in [0.15, 0.2) is 0 Å². The number of rotatable bonds is 5. The van der Waals surface area contributed by atoms with Crippen LogP contribution in [0.5, 0.6) is 0 Å². The predicted octanol–water partition coefficient (Wildman–Crippen LogP) is 3.67. The van der Waals surface area contributed by atoms with E-state index in [1.807, 2.05) is 0 Å². The molecule has 1 saturated heterocycles. The van der Waals surface area contributed by atoms with Crippen molar-refractivity contribution in [2.75, 3.05) is 19.6 Å². The molecule has 1 atom stereocenters. The Bertz CT molecular complexity index is 141. The minimum absolute atomic E-state index is 0.760. The van der Waals surface area contributed by atoms with Crippen molar-refractivity contribution in [2.24, 2.45) is 5.92 Å². The van der Waals surface area contributed by atoms with Gasteiger partial charge >= 0.3 is 0 Å². The van der Waals surface area contributed by atoms with E-state index >= 15 is 0 Å². The third-order valence-electron chi connectivity index (χ3n) is 3.36. The minimum atomic E-state index is 0.760. The largest absolute Gasteiger partial charge is 0.303 e. The number of alkyl halides is 1. The topological polar surface area (TPSA) is 3.24 Å². The molecule has 0 bridgehead atoms. The van der Waals surface area contributed by atoms with E-state index in [1.54, 1.807) is 0 Å². The van der Waals surface area contributed by atoms with Crippen LogP contribution < -0.4 is 0 Å². The number of likely N-dealkylation sites (tertiary alicyclic amines) is 1. The van der Waals surface area contributed by atoms with Crippen molar-refractivity contribution < 1.29 is 0 Å². The summed E-state index contributed by atoms with van der Waals surface area (Å²) in [6, 6.07) is 0. The summed E-state index contributed by atoms with van der Waals surface area (Å²) in [5, 5.41) is 0. The highest BCUT2D eigenvalue weighted by Gasteiger charge is 2.23. The number of hydrogen-bond donors (Lipinski definition) is 0. The Morgan fingerprint density at radius 1 is 1.29 bits per heavy atom. The van der Waals surface area contributed by atoms with Gasteiger partial charge in [0.2, 0.25) is 0 Å². The maximum absolute atomic E-state index is 3.79. The first-order valence-electron chi connectivity index (χ1n) is 6.14. The van der Waals surface area contributed by atoms with E-state index < -0.39 is 0 Å². The number of unbranched alkanes of at least 4 members (excludes halogenated alkanes) is 1. The second kappa shape index (κ2) is 6.84. The van der Waals surface area contributed by atoms with Crippen molar-refractivity contribution in [3.8, 4) is 0 Å². The summed E-state index contributed by atoms with van der Waals surface area (Å²) in [5.74, 6) is 0.929. The van der Waals surface area contributed by atoms with Crippen LogP contribution in [-0.2, 0) is 0 Å². The van der Waals surface area contributed by atoms with Crippen LogP contribution in [0.4, 0.5) is 0 Å². The number of hydrogen-bond acceptors (Lipinski definition) is 1. The summed E-state index contributed by atoms with van der Waals surface area (Å²) in [7, 11) is 0. The van der Waals surface area contributed by atoms with Crippen LogP contribution >= 0.6 is 15.9 Å². The Balaban J connectivity index is 2.17. The molecule has 1 heterocycles. The van der Waals surface area contributed by atoms with Gasteiger partial charge in [0.25, 0.3) is 0 Å². The zero-order valence-electron chi connectivity index (χ0n) is 9.64. The molecule has 14 heavy (non-hydrogen) atoms. The van der Waals surface area contributed by atoms with Crippen molar-refractivity contribution in [3.05, 3.63) is 0 Å². The van der Waals surface area contributed by atoms with Crippen LogP contribution in [0.3, 0.4) is 0 Å². The molecule has 0 radical (unpaired) electrons. The molecule has 2 heteroatoms. The van der Waals surface area contributed by atoms with E-state index in [1.165, 1.54) is 51.7 Å². The highest BCUT2D eigenvalue weighted by Crippen LogP contribution is 2.27. The van der Waals surface area contributed by atoms with Gasteiger partial charge in [-0.25, -0.2) is 0 Å². The molecule has 84 valence electrons. The lowest BCUT2D eigenvalue weighted by Gasteiger charge is -2.33. The maximum atomic E-state index is 3.79. The van der Waals surface area contributed by atoms with Crippen molar-refractivity contribution in [1.29, 1.82) is 0 Å². The monoisotopic (exact) mass is 261 g/mol. The van der Waals surface area contributed by atoms with E-state index in [0.29, 0.717) is 0 Å². The molecule has 0 saturated carbocycles. The zero-order chi connectivity index (χ0) is 10.4. The van der Waals surface area contributed by atoms with Gasteiger partial charge in [-0.1, -0.05) is 36.2 Å². The van der Waals surface area contributed by atoms with Gasteiger partial charge in [-0.2, -0.15) is 0 Å². The molecule has 0 aromatic carbocycles. The first kappa shape index (κ1) is 12.5. The average molecular weight is 262 g/mol. The average Bonchev–Trinajstić information content (AvgIpc) is 2.26. The molecule has 1 rings (SSSR count). The fourth-order valence-electron chi connectivity index (χ4n) is 2.25. The van der Waals surface area contributed by atoms with Gasteiger partial charge in [0, 0.05) is 4.83 Å². The van der Waals surface area contributed by atoms with E-state index in [-0.39, 0.29) is 0 Å². The van der Waals surface area contributed by atoms with Crippen LogP contribution in [0.15, 0.2) is 0 Å². The molecule has 0 amide bonds. The van der Waals surface area contributed by atoms with Crippen molar-refractivity contribution in [1.82, 2.24) is 4.90 Å². The van der Waals surface area contributed by atoms with Crippen LogP contribution in [0.1, 0.15) is 46.0 Å². The Labute approximate surface area is 97.4 Å². The van der Waals surface area contributed by atoms with Crippen molar-refractivity contribution >= 4 is 15.9 Å². The molecule has 1 fully saturated rings. The summed E-state index contributed by atoms with van der Waals surface area (Å²) in [6.07, 6.45) is 6.77. The van der Waals surface area contributed by atoms with Crippen molar-refractivity contribution in [3.63, 3.8) is 0 Å². The third kappa shape index (κ3) is 3.90. The van der Waals surface area contributed by atoms with Crippen LogP contribution in [0.2, 0.25) is 0 Å². The van der Waals surface area contributed by atoms with E-state index in [4.69, 9.17) is 0 Å². The molecular weight excluding hydrogens is 238 g/mol. The van der Waals surface area contributed by atoms with Gasteiger partial charge in [0.1, 0.15) is 0 Å². The lowest BCUT2D eigenvalue weighted by Crippen LogP contribution is -2.36. The van der Waals surface area contributed by atoms with E-state index in [9.17, 15) is 0 Å². The Morgan fingerprint density at radius 2 is 1.93 bits per heavy atom. The third-order valence-corrected chi connectivity index (χ3v) is 4.76. The first-order valence-corrected chi connectivity index (χ1v) is 7.05. The predicted molar refractivity (Wildman–Crippen MR) is 67.1 cm³/mol. The maximum Gasteiger partial charge on any atom is 0.0172 e. The number of piperidine rings is 1. The van der Waals surface area contributed by atoms with Gasteiger partial charge < -0.3 is 4.90 Å². The summed E-state index contributed by atoms with van der Waals surface area (Å²) in [4.78, 5) is 3.39. The standard InChI is InChI=1S/C12H24BrN/c1-3-5-8-14-9-6-11(7-10-14)12(13)4-2/h11-12H,3-10H2,1-2H3. The molecule has 0 N–H and O–H groups in total. The highest BCUT2D eigenvalue weighted by atomic mass is 79.9. The van der Waals surface area contributed by atoms with E-state index in [0.717, 1.165) is 10.7 Å². The van der Waals surface area contributed by atoms with Gasteiger partial charge in [0.05, 0.1) is 0 Å². The molecule has 1 nitrogen and oxygen atoms in total.